The standard InChI is InChI=1S/C16H20N2O3/c1-4-21-13(19)10-18-11-16(2,3)17-14(15(18)20)12-8-6-5-7-9-12/h5-9H,4,10-11H2,1-3H3. The molecule has 0 saturated carbocycles. The van der Waals surface area contributed by atoms with Crippen LogP contribution in [-0.2, 0) is 14.3 Å². The zero-order valence-electron chi connectivity index (χ0n) is 12.6. The molecular weight excluding hydrogens is 268 g/mol. The van der Waals surface area contributed by atoms with E-state index in [0.717, 1.165) is 5.56 Å². The van der Waals surface area contributed by atoms with Crippen molar-refractivity contribution >= 4 is 17.6 Å². The number of rotatable bonds is 4. The molecular formula is C16H20N2O3. The molecule has 0 aliphatic carbocycles. The van der Waals surface area contributed by atoms with Gasteiger partial charge in [0, 0.05) is 12.1 Å². The van der Waals surface area contributed by atoms with Gasteiger partial charge in [0.05, 0.1) is 12.1 Å². The van der Waals surface area contributed by atoms with Crippen molar-refractivity contribution in [3.63, 3.8) is 0 Å². The number of hydrogen-bond acceptors (Lipinski definition) is 4. The lowest BCUT2D eigenvalue weighted by molar-refractivity contribution is -0.147. The zero-order chi connectivity index (χ0) is 15.5. The van der Waals surface area contributed by atoms with Crippen LogP contribution in [-0.4, -0.2) is 47.7 Å². The Morgan fingerprint density at radius 3 is 2.62 bits per heavy atom. The molecule has 1 aromatic carbocycles. The van der Waals surface area contributed by atoms with E-state index in [4.69, 9.17) is 4.74 Å². The van der Waals surface area contributed by atoms with Gasteiger partial charge in [-0.05, 0) is 20.8 Å². The molecule has 0 atom stereocenters. The summed E-state index contributed by atoms with van der Waals surface area (Å²) in [6.07, 6.45) is 0. The van der Waals surface area contributed by atoms with Gasteiger partial charge < -0.3 is 9.64 Å². The molecule has 1 aromatic rings. The normalized spacial score (nSPS) is 17.4. The van der Waals surface area contributed by atoms with Gasteiger partial charge in [-0.3, -0.25) is 14.6 Å². The molecule has 1 heterocycles. The fourth-order valence-electron chi connectivity index (χ4n) is 2.35. The Hall–Kier alpha value is -2.17. The molecule has 112 valence electrons. The Bertz CT molecular complexity index is 564. The molecule has 0 N–H and O–H groups in total. The molecule has 1 aliphatic heterocycles. The summed E-state index contributed by atoms with van der Waals surface area (Å²) in [5.74, 6) is -0.621. The summed E-state index contributed by atoms with van der Waals surface area (Å²) in [4.78, 5) is 30.2. The van der Waals surface area contributed by atoms with Crippen molar-refractivity contribution in [2.45, 2.75) is 26.3 Å². The van der Waals surface area contributed by atoms with Crippen molar-refractivity contribution in [3.05, 3.63) is 35.9 Å². The third-order valence-corrected chi connectivity index (χ3v) is 3.15. The van der Waals surface area contributed by atoms with E-state index in [1.54, 1.807) is 6.92 Å². The zero-order valence-corrected chi connectivity index (χ0v) is 12.6. The van der Waals surface area contributed by atoms with Gasteiger partial charge in [0.1, 0.15) is 12.3 Å². The number of nitrogens with zero attached hydrogens (tertiary/aromatic N) is 2. The van der Waals surface area contributed by atoms with E-state index in [0.29, 0.717) is 18.9 Å². The van der Waals surface area contributed by atoms with E-state index in [1.165, 1.54) is 4.90 Å². The average molecular weight is 288 g/mol. The topological polar surface area (TPSA) is 59.0 Å². The van der Waals surface area contributed by atoms with Crippen molar-refractivity contribution in [2.24, 2.45) is 4.99 Å². The van der Waals surface area contributed by atoms with Gasteiger partial charge in [-0.15, -0.1) is 0 Å². The largest absolute Gasteiger partial charge is 0.465 e. The molecule has 21 heavy (non-hydrogen) atoms. The number of carbonyl (C=O) groups excluding carboxylic acids is 2. The van der Waals surface area contributed by atoms with E-state index in [1.807, 2.05) is 44.2 Å². The van der Waals surface area contributed by atoms with Gasteiger partial charge in [0.15, 0.2) is 0 Å². The summed E-state index contributed by atoms with van der Waals surface area (Å²) < 4.78 is 4.93. The lowest BCUT2D eigenvalue weighted by Gasteiger charge is -2.35. The highest BCUT2D eigenvalue weighted by Crippen LogP contribution is 2.21. The van der Waals surface area contributed by atoms with Crippen molar-refractivity contribution < 1.29 is 14.3 Å². The summed E-state index contributed by atoms with van der Waals surface area (Å²) in [5.41, 5.74) is 0.742. The summed E-state index contributed by atoms with van der Waals surface area (Å²) >= 11 is 0. The molecule has 0 unspecified atom stereocenters. The number of carbonyl (C=O) groups is 2. The third kappa shape index (κ3) is 3.68. The van der Waals surface area contributed by atoms with E-state index in [9.17, 15) is 9.59 Å². The first-order chi connectivity index (χ1) is 9.93. The van der Waals surface area contributed by atoms with Crippen LogP contribution in [0.5, 0.6) is 0 Å². The number of benzene rings is 1. The van der Waals surface area contributed by atoms with Crippen molar-refractivity contribution in [1.82, 2.24) is 4.90 Å². The molecule has 0 radical (unpaired) electrons. The number of amides is 1. The molecule has 0 aromatic heterocycles. The second-order valence-corrected chi connectivity index (χ2v) is 5.61. The fraction of sp³-hybridized carbons (Fsp3) is 0.438. The summed E-state index contributed by atoms with van der Waals surface area (Å²) in [7, 11) is 0. The van der Waals surface area contributed by atoms with E-state index in [2.05, 4.69) is 4.99 Å². The van der Waals surface area contributed by atoms with Crippen LogP contribution < -0.4 is 0 Å². The molecule has 2 rings (SSSR count). The Morgan fingerprint density at radius 1 is 1.33 bits per heavy atom. The number of ether oxygens (including phenoxy) is 1. The van der Waals surface area contributed by atoms with Gasteiger partial charge in [-0.2, -0.15) is 0 Å². The van der Waals surface area contributed by atoms with Crippen LogP contribution in [0.3, 0.4) is 0 Å². The average Bonchev–Trinajstić information content (AvgIpc) is 2.43. The van der Waals surface area contributed by atoms with Crippen LogP contribution in [0.25, 0.3) is 0 Å². The van der Waals surface area contributed by atoms with E-state index < -0.39 is 11.5 Å². The van der Waals surface area contributed by atoms with Gasteiger partial charge in [0.2, 0.25) is 0 Å². The molecule has 5 nitrogen and oxygen atoms in total. The van der Waals surface area contributed by atoms with Crippen LogP contribution in [0, 0.1) is 0 Å². The Labute approximate surface area is 124 Å². The maximum Gasteiger partial charge on any atom is 0.325 e. The number of hydrogen-bond donors (Lipinski definition) is 0. The second-order valence-electron chi connectivity index (χ2n) is 5.61. The quantitative estimate of drug-likeness (QED) is 0.792. The van der Waals surface area contributed by atoms with E-state index in [-0.39, 0.29) is 12.5 Å². The van der Waals surface area contributed by atoms with Crippen molar-refractivity contribution in [1.29, 1.82) is 0 Å². The minimum atomic E-state index is -0.425. The Balaban J connectivity index is 2.27. The highest BCUT2D eigenvalue weighted by atomic mass is 16.5. The molecule has 0 spiro atoms. The van der Waals surface area contributed by atoms with Crippen LogP contribution in [0.15, 0.2) is 35.3 Å². The number of esters is 1. The third-order valence-electron chi connectivity index (χ3n) is 3.15. The number of aliphatic imine (C=N–C) groups is 1. The van der Waals surface area contributed by atoms with Gasteiger partial charge in [-0.1, -0.05) is 30.3 Å². The van der Waals surface area contributed by atoms with Crippen LogP contribution in [0.1, 0.15) is 26.3 Å². The molecule has 0 fully saturated rings. The Kier molecular flexibility index (Phi) is 4.40. The molecule has 0 saturated heterocycles. The van der Waals surface area contributed by atoms with Gasteiger partial charge in [-0.25, -0.2) is 0 Å². The smallest absolute Gasteiger partial charge is 0.325 e. The van der Waals surface area contributed by atoms with Crippen LogP contribution in [0.2, 0.25) is 0 Å². The van der Waals surface area contributed by atoms with Crippen LogP contribution in [0.4, 0.5) is 0 Å². The SMILES string of the molecule is CCOC(=O)CN1CC(C)(C)N=C(c2ccccc2)C1=O. The minimum absolute atomic E-state index is 0.0397. The summed E-state index contributed by atoms with van der Waals surface area (Å²) in [6, 6.07) is 9.31. The molecule has 5 heteroatoms. The molecule has 1 amide bonds. The predicted octanol–water partition coefficient (Wildman–Crippen LogP) is 1.66. The van der Waals surface area contributed by atoms with Crippen molar-refractivity contribution in [3.8, 4) is 0 Å². The second kappa shape index (κ2) is 6.08. The van der Waals surface area contributed by atoms with Gasteiger partial charge >= 0.3 is 5.97 Å². The van der Waals surface area contributed by atoms with Gasteiger partial charge in [0.25, 0.3) is 5.91 Å². The summed E-state index contributed by atoms with van der Waals surface area (Å²) in [6.45, 7) is 6.31. The summed E-state index contributed by atoms with van der Waals surface area (Å²) in [5, 5.41) is 0. The highest BCUT2D eigenvalue weighted by molar-refractivity contribution is 6.45. The monoisotopic (exact) mass is 288 g/mol. The lowest BCUT2D eigenvalue weighted by Crippen LogP contribution is -2.51. The maximum absolute atomic E-state index is 12.5. The highest BCUT2D eigenvalue weighted by Gasteiger charge is 2.35. The fourth-order valence-corrected chi connectivity index (χ4v) is 2.35. The lowest BCUT2D eigenvalue weighted by atomic mass is 9.98. The first-order valence-electron chi connectivity index (χ1n) is 7.03. The minimum Gasteiger partial charge on any atom is -0.465 e. The first-order valence-corrected chi connectivity index (χ1v) is 7.03. The van der Waals surface area contributed by atoms with E-state index >= 15 is 0 Å². The predicted molar refractivity (Wildman–Crippen MR) is 80.3 cm³/mol. The molecule has 1 aliphatic rings. The molecule has 0 bridgehead atoms. The van der Waals surface area contributed by atoms with Crippen molar-refractivity contribution in [2.75, 3.05) is 19.7 Å². The van der Waals surface area contributed by atoms with Crippen LogP contribution >= 0.6 is 0 Å². The first kappa shape index (κ1) is 15.2. The Morgan fingerprint density at radius 2 is 2.00 bits per heavy atom. The maximum atomic E-state index is 12.5.